The molecule has 0 saturated heterocycles. The van der Waals surface area contributed by atoms with Gasteiger partial charge in [-0.3, -0.25) is 0 Å². The number of rotatable bonds is 2. The first-order valence-electron chi connectivity index (χ1n) is 5.00. The second kappa shape index (κ2) is 3.71. The van der Waals surface area contributed by atoms with Gasteiger partial charge in [0.15, 0.2) is 0 Å². The first-order valence-corrected chi connectivity index (χ1v) is 5.98. The molecule has 2 heterocycles. The van der Waals surface area contributed by atoms with E-state index in [2.05, 4.69) is 27.4 Å². The van der Waals surface area contributed by atoms with Crippen molar-refractivity contribution in [1.82, 2.24) is 25.0 Å². The molecular weight excluding hydrogens is 222 g/mol. The number of nitrogens with zero attached hydrogens (tertiary/aromatic N) is 5. The minimum atomic E-state index is 0.727. The summed E-state index contributed by atoms with van der Waals surface area (Å²) >= 11 is 1.65. The van der Waals surface area contributed by atoms with E-state index in [1.54, 1.807) is 16.3 Å². The Morgan fingerprint density at radius 3 is 3.06 bits per heavy atom. The van der Waals surface area contributed by atoms with Gasteiger partial charge < -0.3 is 0 Å². The van der Waals surface area contributed by atoms with Crippen LogP contribution in [0.4, 0.5) is 0 Å². The summed E-state index contributed by atoms with van der Waals surface area (Å²) < 4.78 is 1.74. The lowest BCUT2D eigenvalue weighted by Gasteiger charge is -2.03. The van der Waals surface area contributed by atoms with Crippen molar-refractivity contribution >= 4 is 28.4 Å². The highest BCUT2D eigenvalue weighted by molar-refractivity contribution is 7.99. The van der Waals surface area contributed by atoms with Gasteiger partial charge in [0, 0.05) is 0 Å². The third-order valence-electron chi connectivity index (χ3n) is 2.27. The summed E-state index contributed by atoms with van der Waals surface area (Å²) in [7, 11) is 0. The maximum atomic E-state index is 4.56. The number of aromatic nitrogens is 5. The summed E-state index contributed by atoms with van der Waals surface area (Å²) in [5.74, 6) is 0.952. The quantitative estimate of drug-likeness (QED) is 0.629. The lowest BCUT2D eigenvalue weighted by Crippen LogP contribution is -1.96. The summed E-state index contributed by atoms with van der Waals surface area (Å²) in [6.07, 6.45) is 0. The van der Waals surface area contributed by atoms with E-state index in [0.29, 0.717) is 0 Å². The van der Waals surface area contributed by atoms with E-state index in [1.807, 2.05) is 24.3 Å². The van der Waals surface area contributed by atoms with Gasteiger partial charge in [0.05, 0.1) is 11.0 Å². The Morgan fingerprint density at radius 1 is 1.31 bits per heavy atom. The monoisotopic (exact) mass is 231 g/mol. The number of benzene rings is 1. The molecule has 0 amide bonds. The van der Waals surface area contributed by atoms with Crippen LogP contribution in [0, 0.1) is 0 Å². The van der Waals surface area contributed by atoms with Crippen LogP contribution in [0.3, 0.4) is 0 Å². The number of fused-ring (bicyclic) bond motifs is 3. The van der Waals surface area contributed by atoms with Crippen LogP contribution in [-0.2, 0) is 0 Å². The van der Waals surface area contributed by atoms with Crippen LogP contribution in [0.15, 0.2) is 29.3 Å². The van der Waals surface area contributed by atoms with Crippen molar-refractivity contribution in [2.24, 2.45) is 0 Å². The van der Waals surface area contributed by atoms with Gasteiger partial charge in [0.1, 0.15) is 5.03 Å². The molecule has 3 rings (SSSR count). The Balaban J connectivity index is 2.43. The molecule has 0 fully saturated rings. The molecule has 0 radical (unpaired) electrons. The molecule has 0 unspecified atom stereocenters. The van der Waals surface area contributed by atoms with Crippen LogP contribution in [0.25, 0.3) is 16.7 Å². The summed E-state index contributed by atoms with van der Waals surface area (Å²) in [6, 6.07) is 7.85. The summed E-state index contributed by atoms with van der Waals surface area (Å²) in [6.45, 7) is 2.09. The van der Waals surface area contributed by atoms with E-state index in [4.69, 9.17) is 0 Å². The maximum Gasteiger partial charge on any atom is 0.212 e. The van der Waals surface area contributed by atoms with Crippen LogP contribution in [-0.4, -0.2) is 30.8 Å². The average molecular weight is 231 g/mol. The van der Waals surface area contributed by atoms with E-state index in [0.717, 1.165) is 27.5 Å². The van der Waals surface area contributed by atoms with Gasteiger partial charge in [-0.1, -0.05) is 19.1 Å². The molecule has 0 bridgehead atoms. The molecule has 0 aliphatic carbocycles. The molecule has 0 atom stereocenters. The van der Waals surface area contributed by atoms with Crippen molar-refractivity contribution in [1.29, 1.82) is 0 Å². The lowest BCUT2D eigenvalue weighted by molar-refractivity contribution is 0.839. The zero-order valence-electron chi connectivity index (χ0n) is 8.66. The molecule has 80 valence electrons. The van der Waals surface area contributed by atoms with Gasteiger partial charge in [-0.05, 0) is 28.3 Å². The molecular formula is C10H9N5S. The van der Waals surface area contributed by atoms with Gasteiger partial charge in [-0.25, -0.2) is 4.98 Å². The van der Waals surface area contributed by atoms with Gasteiger partial charge >= 0.3 is 0 Å². The highest BCUT2D eigenvalue weighted by atomic mass is 32.2. The smallest absolute Gasteiger partial charge is 0.212 e. The highest BCUT2D eigenvalue weighted by Crippen LogP contribution is 2.22. The van der Waals surface area contributed by atoms with Crippen LogP contribution in [0.1, 0.15) is 6.92 Å². The van der Waals surface area contributed by atoms with E-state index in [1.165, 1.54) is 0 Å². The first-order chi connectivity index (χ1) is 7.90. The van der Waals surface area contributed by atoms with Crippen LogP contribution in [0.5, 0.6) is 0 Å². The van der Waals surface area contributed by atoms with Crippen molar-refractivity contribution < 1.29 is 0 Å². The van der Waals surface area contributed by atoms with Gasteiger partial charge in [0.25, 0.3) is 0 Å². The number of tetrazole rings is 1. The second-order valence-electron chi connectivity index (χ2n) is 3.25. The fraction of sp³-hybridized carbons (Fsp3) is 0.200. The van der Waals surface area contributed by atoms with Gasteiger partial charge in [0.2, 0.25) is 5.65 Å². The van der Waals surface area contributed by atoms with Crippen LogP contribution < -0.4 is 0 Å². The van der Waals surface area contributed by atoms with Crippen molar-refractivity contribution in [3.63, 3.8) is 0 Å². The topological polar surface area (TPSA) is 56.0 Å². The molecule has 2 aromatic heterocycles. The minimum absolute atomic E-state index is 0.727. The normalized spacial score (nSPS) is 11.3. The third kappa shape index (κ3) is 1.34. The zero-order chi connectivity index (χ0) is 11.0. The third-order valence-corrected chi connectivity index (χ3v) is 3.11. The SMILES string of the molecule is CCSc1nc2ccccc2n2nnnc12. The standard InChI is InChI=1S/C10H9N5S/c1-2-16-10-9-12-13-14-15(9)8-6-4-3-5-7(8)11-10/h3-6H,2H2,1H3. The van der Waals surface area contributed by atoms with E-state index >= 15 is 0 Å². The second-order valence-corrected chi connectivity index (χ2v) is 4.51. The molecule has 6 heteroatoms. The molecule has 0 spiro atoms. The fourth-order valence-electron chi connectivity index (χ4n) is 1.61. The number of hydrogen-bond acceptors (Lipinski definition) is 5. The molecule has 1 aromatic carbocycles. The first kappa shape index (κ1) is 9.53. The Morgan fingerprint density at radius 2 is 2.19 bits per heavy atom. The molecule has 5 nitrogen and oxygen atoms in total. The Labute approximate surface area is 95.9 Å². The average Bonchev–Trinajstić information content (AvgIpc) is 2.79. The van der Waals surface area contributed by atoms with E-state index in [9.17, 15) is 0 Å². The zero-order valence-corrected chi connectivity index (χ0v) is 9.48. The van der Waals surface area contributed by atoms with E-state index in [-0.39, 0.29) is 0 Å². The van der Waals surface area contributed by atoms with Gasteiger partial charge in [-0.2, -0.15) is 4.52 Å². The summed E-state index contributed by atoms with van der Waals surface area (Å²) in [4.78, 5) is 4.56. The number of hydrogen-bond donors (Lipinski definition) is 0. The largest absolute Gasteiger partial charge is 0.236 e. The Hall–Kier alpha value is -1.69. The summed E-state index contributed by atoms with van der Waals surface area (Å²) in [5.41, 5.74) is 2.58. The minimum Gasteiger partial charge on any atom is -0.236 e. The highest BCUT2D eigenvalue weighted by Gasteiger charge is 2.10. The van der Waals surface area contributed by atoms with Crippen molar-refractivity contribution in [3.8, 4) is 0 Å². The predicted octanol–water partition coefficient (Wildman–Crippen LogP) is 1.78. The van der Waals surface area contributed by atoms with E-state index < -0.39 is 0 Å². The van der Waals surface area contributed by atoms with Gasteiger partial charge in [-0.15, -0.1) is 16.9 Å². The van der Waals surface area contributed by atoms with Crippen molar-refractivity contribution in [2.45, 2.75) is 11.9 Å². The van der Waals surface area contributed by atoms with Crippen LogP contribution in [0.2, 0.25) is 0 Å². The molecule has 0 saturated carbocycles. The summed E-state index contributed by atoms with van der Waals surface area (Å²) in [5, 5.41) is 12.6. The lowest BCUT2D eigenvalue weighted by atomic mass is 10.3. The molecule has 0 N–H and O–H groups in total. The Bertz CT molecular complexity index is 648. The van der Waals surface area contributed by atoms with Crippen molar-refractivity contribution in [3.05, 3.63) is 24.3 Å². The fourth-order valence-corrected chi connectivity index (χ4v) is 2.31. The van der Waals surface area contributed by atoms with Crippen molar-refractivity contribution in [2.75, 3.05) is 5.75 Å². The van der Waals surface area contributed by atoms with Crippen LogP contribution >= 0.6 is 11.8 Å². The molecule has 0 aliphatic rings. The molecule has 0 aliphatic heterocycles. The Kier molecular flexibility index (Phi) is 2.21. The number of thioether (sulfide) groups is 1. The molecule has 3 aromatic rings. The molecule has 16 heavy (non-hydrogen) atoms. The number of para-hydroxylation sites is 2. The maximum absolute atomic E-state index is 4.56. The predicted molar refractivity (Wildman–Crippen MR) is 62.5 cm³/mol.